The van der Waals surface area contributed by atoms with E-state index < -0.39 is 0 Å². The number of nitrogens with one attached hydrogen (secondary N) is 1. The van der Waals surface area contributed by atoms with Gasteiger partial charge in [0.05, 0.1) is 29.7 Å². The average Bonchev–Trinajstić information content (AvgIpc) is 3.07. The lowest BCUT2D eigenvalue weighted by Crippen LogP contribution is -2.24. The molecule has 0 saturated carbocycles. The molecule has 0 saturated heterocycles. The molecule has 0 fully saturated rings. The molecule has 0 unspecified atom stereocenters. The van der Waals surface area contributed by atoms with Crippen LogP contribution in [0.2, 0.25) is 0 Å². The van der Waals surface area contributed by atoms with Crippen molar-refractivity contribution < 1.29 is 4.79 Å². The van der Waals surface area contributed by atoms with Crippen molar-refractivity contribution in [3.63, 3.8) is 0 Å². The van der Waals surface area contributed by atoms with E-state index in [-0.39, 0.29) is 12.5 Å². The van der Waals surface area contributed by atoms with E-state index in [1.54, 1.807) is 10.9 Å². The summed E-state index contributed by atoms with van der Waals surface area (Å²) in [5.41, 5.74) is 4.32. The number of rotatable bonds is 4. The predicted molar refractivity (Wildman–Crippen MR) is 108 cm³/mol. The fourth-order valence-electron chi connectivity index (χ4n) is 2.67. The number of carbonyl (C=O) groups excluding carboxylic acids is 1. The van der Waals surface area contributed by atoms with Gasteiger partial charge in [0, 0.05) is 25.3 Å². The second-order valence-electron chi connectivity index (χ2n) is 6.32. The van der Waals surface area contributed by atoms with Gasteiger partial charge in [0.15, 0.2) is 0 Å². The number of aromatic nitrogens is 2. The lowest BCUT2D eigenvalue weighted by Gasteiger charge is -2.11. The van der Waals surface area contributed by atoms with Crippen molar-refractivity contribution in [2.24, 2.45) is 0 Å². The fourth-order valence-corrected chi connectivity index (χ4v) is 2.67. The van der Waals surface area contributed by atoms with Gasteiger partial charge in [-0.05, 0) is 43.3 Å². The Morgan fingerprint density at radius 2 is 1.81 bits per heavy atom. The van der Waals surface area contributed by atoms with E-state index in [1.807, 2.05) is 80.5 Å². The van der Waals surface area contributed by atoms with Gasteiger partial charge in [-0.1, -0.05) is 30.0 Å². The molecule has 1 N–H and O–H groups in total. The molecule has 0 aliphatic heterocycles. The highest BCUT2D eigenvalue weighted by Gasteiger charge is 2.14. The largest absolute Gasteiger partial charge is 0.378 e. The molecule has 136 valence electrons. The van der Waals surface area contributed by atoms with Crippen molar-refractivity contribution in [1.29, 1.82) is 0 Å². The first kappa shape index (κ1) is 18.3. The summed E-state index contributed by atoms with van der Waals surface area (Å²) in [5.74, 6) is 5.87. The van der Waals surface area contributed by atoms with Crippen LogP contribution in [0.25, 0.3) is 5.69 Å². The molecule has 1 amide bonds. The zero-order chi connectivity index (χ0) is 19.2. The average molecular weight is 358 g/mol. The summed E-state index contributed by atoms with van der Waals surface area (Å²) < 4.78 is 1.76. The van der Waals surface area contributed by atoms with E-state index in [0.717, 1.165) is 22.6 Å². The van der Waals surface area contributed by atoms with Crippen LogP contribution in [0.5, 0.6) is 0 Å². The van der Waals surface area contributed by atoms with Crippen LogP contribution in [-0.2, 0) is 0 Å². The van der Waals surface area contributed by atoms with E-state index in [9.17, 15) is 4.79 Å². The highest BCUT2D eigenvalue weighted by molar-refractivity contribution is 5.95. The third-order valence-electron chi connectivity index (χ3n) is 4.21. The predicted octanol–water partition coefficient (Wildman–Crippen LogP) is 3.03. The molecule has 2 aromatic carbocycles. The molecule has 0 atom stereocenters. The summed E-state index contributed by atoms with van der Waals surface area (Å²) >= 11 is 0. The van der Waals surface area contributed by atoms with Crippen molar-refractivity contribution in [1.82, 2.24) is 15.1 Å². The van der Waals surface area contributed by atoms with Crippen molar-refractivity contribution in [3.05, 3.63) is 77.6 Å². The van der Waals surface area contributed by atoms with Gasteiger partial charge in [0.2, 0.25) is 0 Å². The molecule has 1 aromatic heterocycles. The van der Waals surface area contributed by atoms with Crippen LogP contribution < -0.4 is 10.2 Å². The van der Waals surface area contributed by atoms with E-state index in [2.05, 4.69) is 22.3 Å². The van der Waals surface area contributed by atoms with Gasteiger partial charge in [-0.15, -0.1) is 0 Å². The Labute approximate surface area is 159 Å². The minimum Gasteiger partial charge on any atom is -0.378 e. The Morgan fingerprint density at radius 1 is 1.11 bits per heavy atom. The van der Waals surface area contributed by atoms with Crippen LogP contribution in [0.15, 0.2) is 60.8 Å². The molecule has 3 rings (SSSR count). The maximum absolute atomic E-state index is 12.4. The van der Waals surface area contributed by atoms with Gasteiger partial charge in [0.1, 0.15) is 0 Å². The number of anilines is 1. The first-order valence-corrected chi connectivity index (χ1v) is 8.71. The number of nitrogens with zero attached hydrogens (tertiary/aromatic N) is 3. The number of carbonyl (C=O) groups is 1. The summed E-state index contributed by atoms with van der Waals surface area (Å²) in [6.07, 6.45) is 1.59. The van der Waals surface area contributed by atoms with Gasteiger partial charge in [-0.3, -0.25) is 4.79 Å². The molecule has 5 nitrogen and oxygen atoms in total. The third-order valence-corrected chi connectivity index (χ3v) is 4.21. The van der Waals surface area contributed by atoms with E-state index in [0.29, 0.717) is 5.56 Å². The SMILES string of the molecule is Cc1c(C(=O)NCC#Cc2ccc(N(C)C)cc2)cnn1-c1ccccc1. The number of hydrogen-bond donors (Lipinski definition) is 1. The summed E-state index contributed by atoms with van der Waals surface area (Å²) in [7, 11) is 4.00. The van der Waals surface area contributed by atoms with Crippen LogP contribution in [-0.4, -0.2) is 36.3 Å². The lowest BCUT2D eigenvalue weighted by molar-refractivity contribution is 0.0958. The first-order chi connectivity index (χ1) is 13.1. The van der Waals surface area contributed by atoms with E-state index in [1.165, 1.54) is 0 Å². The minimum absolute atomic E-state index is 0.174. The molecule has 27 heavy (non-hydrogen) atoms. The lowest BCUT2D eigenvalue weighted by atomic mass is 10.2. The Bertz CT molecular complexity index is 977. The van der Waals surface area contributed by atoms with Crippen molar-refractivity contribution >= 4 is 11.6 Å². The molecule has 5 heteroatoms. The van der Waals surface area contributed by atoms with Crippen LogP contribution in [0.1, 0.15) is 21.6 Å². The zero-order valence-electron chi connectivity index (χ0n) is 15.7. The first-order valence-electron chi connectivity index (χ1n) is 8.71. The molecule has 0 radical (unpaired) electrons. The second-order valence-corrected chi connectivity index (χ2v) is 6.32. The maximum atomic E-state index is 12.4. The van der Waals surface area contributed by atoms with E-state index in [4.69, 9.17) is 0 Å². The zero-order valence-corrected chi connectivity index (χ0v) is 15.7. The monoisotopic (exact) mass is 358 g/mol. The molecule has 0 bridgehead atoms. The van der Waals surface area contributed by atoms with Gasteiger partial charge in [-0.25, -0.2) is 4.68 Å². The Morgan fingerprint density at radius 3 is 2.48 bits per heavy atom. The highest BCUT2D eigenvalue weighted by atomic mass is 16.1. The van der Waals surface area contributed by atoms with Gasteiger partial charge < -0.3 is 10.2 Å². The molecular formula is C22H22N4O. The Hall–Kier alpha value is -3.52. The number of para-hydroxylation sites is 1. The molecule has 1 heterocycles. The third kappa shape index (κ3) is 4.36. The molecule has 3 aromatic rings. The minimum atomic E-state index is -0.174. The van der Waals surface area contributed by atoms with Gasteiger partial charge in [0.25, 0.3) is 5.91 Å². The van der Waals surface area contributed by atoms with Crippen LogP contribution in [0, 0.1) is 18.8 Å². The van der Waals surface area contributed by atoms with Crippen molar-refractivity contribution in [3.8, 4) is 17.5 Å². The van der Waals surface area contributed by atoms with Crippen LogP contribution in [0.3, 0.4) is 0 Å². The maximum Gasteiger partial charge on any atom is 0.255 e. The van der Waals surface area contributed by atoms with Crippen LogP contribution in [0.4, 0.5) is 5.69 Å². The number of amides is 1. The van der Waals surface area contributed by atoms with Gasteiger partial charge in [-0.2, -0.15) is 5.10 Å². The quantitative estimate of drug-likeness (QED) is 0.730. The Balaban J connectivity index is 1.61. The smallest absolute Gasteiger partial charge is 0.255 e. The summed E-state index contributed by atoms with van der Waals surface area (Å²) in [4.78, 5) is 14.4. The molecule has 0 spiro atoms. The second kappa shape index (κ2) is 8.24. The normalized spacial score (nSPS) is 10.0. The molecular weight excluding hydrogens is 336 g/mol. The molecule has 0 aliphatic rings. The summed E-state index contributed by atoms with van der Waals surface area (Å²) in [5, 5.41) is 7.15. The summed E-state index contributed by atoms with van der Waals surface area (Å²) in [6.45, 7) is 2.16. The van der Waals surface area contributed by atoms with Crippen LogP contribution >= 0.6 is 0 Å². The van der Waals surface area contributed by atoms with Crippen molar-refractivity contribution in [2.45, 2.75) is 6.92 Å². The number of benzene rings is 2. The Kier molecular flexibility index (Phi) is 5.58. The van der Waals surface area contributed by atoms with Gasteiger partial charge >= 0.3 is 0 Å². The summed E-state index contributed by atoms with van der Waals surface area (Å²) in [6, 6.07) is 17.7. The molecule has 0 aliphatic carbocycles. The fraction of sp³-hybridized carbons (Fsp3) is 0.182. The van der Waals surface area contributed by atoms with E-state index >= 15 is 0 Å². The highest BCUT2D eigenvalue weighted by Crippen LogP contribution is 2.14. The number of hydrogen-bond acceptors (Lipinski definition) is 3. The van der Waals surface area contributed by atoms with Crippen molar-refractivity contribution in [2.75, 3.05) is 25.5 Å². The topological polar surface area (TPSA) is 50.2 Å². The standard InChI is InChI=1S/C22H22N4O/c1-17-21(16-24-26(17)20-9-5-4-6-10-20)22(27)23-15-7-8-18-11-13-19(14-12-18)25(2)3/h4-6,9-14,16H,15H2,1-3H3,(H,23,27).